The molecule has 0 saturated carbocycles. The van der Waals surface area contributed by atoms with Gasteiger partial charge in [-0.2, -0.15) is 13.2 Å². The molecule has 1 aromatic rings. The number of nitrogens with two attached hydrogens (primary N) is 2. The van der Waals surface area contributed by atoms with Gasteiger partial charge in [-0.15, -0.1) is 0 Å². The lowest BCUT2D eigenvalue weighted by Crippen LogP contribution is -2.42. The highest BCUT2D eigenvalue weighted by Gasteiger charge is 2.42. The summed E-state index contributed by atoms with van der Waals surface area (Å²) in [6.45, 7) is 0.353. The quantitative estimate of drug-likeness (QED) is 0.876. The molecule has 4 N–H and O–H groups in total. The van der Waals surface area contributed by atoms with Gasteiger partial charge in [0.05, 0.1) is 10.8 Å². The first-order valence-corrected chi connectivity index (χ1v) is 8.35. The lowest BCUT2D eigenvalue weighted by atomic mass is 9.96. The highest BCUT2D eigenvalue weighted by molar-refractivity contribution is 7.89. The standard InChI is InChI=1S/C13H18F3N3O2S/c14-13(15,16)10-2-1-5-19(8-10)12-4-3-11(22(18,20)21)6-9(12)7-17/h3-4,6,10H,1-2,5,7-8,17H2,(H2,18,20,21). The van der Waals surface area contributed by atoms with Crippen molar-refractivity contribution in [1.29, 1.82) is 0 Å². The third-order valence-electron chi connectivity index (χ3n) is 3.82. The first-order valence-electron chi connectivity index (χ1n) is 6.80. The first-order chi connectivity index (χ1) is 10.1. The number of alkyl halides is 3. The van der Waals surface area contributed by atoms with E-state index in [0.29, 0.717) is 24.2 Å². The Hall–Kier alpha value is -1.32. The summed E-state index contributed by atoms with van der Waals surface area (Å²) in [5, 5.41) is 5.06. The molecule has 0 radical (unpaired) electrons. The Morgan fingerprint density at radius 1 is 1.32 bits per heavy atom. The summed E-state index contributed by atoms with van der Waals surface area (Å²) in [4.78, 5) is 1.51. The zero-order valence-corrected chi connectivity index (χ0v) is 12.6. The van der Waals surface area contributed by atoms with Crippen LogP contribution in [-0.4, -0.2) is 27.7 Å². The van der Waals surface area contributed by atoms with E-state index < -0.39 is 22.1 Å². The van der Waals surface area contributed by atoms with Crippen molar-refractivity contribution >= 4 is 15.7 Å². The third kappa shape index (κ3) is 3.71. The van der Waals surface area contributed by atoms with Gasteiger partial charge in [-0.25, -0.2) is 13.6 Å². The molecule has 1 aliphatic rings. The maximum absolute atomic E-state index is 12.9. The van der Waals surface area contributed by atoms with E-state index in [2.05, 4.69) is 0 Å². The van der Waals surface area contributed by atoms with Crippen molar-refractivity contribution < 1.29 is 21.6 Å². The van der Waals surface area contributed by atoms with Crippen molar-refractivity contribution in [1.82, 2.24) is 0 Å². The zero-order valence-electron chi connectivity index (χ0n) is 11.8. The van der Waals surface area contributed by atoms with Gasteiger partial charge in [0.1, 0.15) is 0 Å². The lowest BCUT2D eigenvalue weighted by Gasteiger charge is -2.36. The van der Waals surface area contributed by atoms with E-state index in [1.54, 1.807) is 4.90 Å². The Balaban J connectivity index is 2.32. The maximum Gasteiger partial charge on any atom is 0.393 e. The monoisotopic (exact) mass is 337 g/mol. The molecule has 0 spiro atoms. The van der Waals surface area contributed by atoms with Gasteiger partial charge in [0.2, 0.25) is 10.0 Å². The molecule has 1 aliphatic heterocycles. The normalized spacial score (nSPS) is 20.2. The van der Waals surface area contributed by atoms with Crippen LogP contribution < -0.4 is 15.8 Å². The molecule has 2 rings (SSSR count). The molecule has 9 heteroatoms. The zero-order chi connectivity index (χ0) is 16.5. The van der Waals surface area contributed by atoms with E-state index in [1.165, 1.54) is 18.2 Å². The van der Waals surface area contributed by atoms with Crippen LogP contribution in [-0.2, 0) is 16.6 Å². The largest absolute Gasteiger partial charge is 0.393 e. The topological polar surface area (TPSA) is 89.4 Å². The van der Waals surface area contributed by atoms with Crippen LogP contribution in [0.3, 0.4) is 0 Å². The van der Waals surface area contributed by atoms with E-state index in [0.717, 1.165) is 0 Å². The molecule has 5 nitrogen and oxygen atoms in total. The number of anilines is 1. The average molecular weight is 337 g/mol. The molecule has 1 unspecified atom stereocenters. The number of rotatable bonds is 3. The molecule has 1 saturated heterocycles. The number of halogens is 3. The van der Waals surface area contributed by atoms with Gasteiger partial charge in [-0.3, -0.25) is 0 Å². The predicted octanol–water partition coefficient (Wildman–Crippen LogP) is 1.57. The Morgan fingerprint density at radius 3 is 2.55 bits per heavy atom. The average Bonchev–Trinajstić information content (AvgIpc) is 2.45. The number of hydrogen-bond acceptors (Lipinski definition) is 4. The number of nitrogens with zero attached hydrogens (tertiary/aromatic N) is 1. The number of sulfonamides is 1. The number of piperidine rings is 1. The van der Waals surface area contributed by atoms with Crippen molar-refractivity contribution in [2.24, 2.45) is 16.8 Å². The minimum Gasteiger partial charge on any atom is -0.371 e. The molecule has 22 heavy (non-hydrogen) atoms. The molecule has 0 aromatic heterocycles. The van der Waals surface area contributed by atoms with E-state index in [1.807, 2.05) is 0 Å². The fourth-order valence-corrected chi connectivity index (χ4v) is 3.24. The van der Waals surface area contributed by atoms with Gasteiger partial charge in [0.25, 0.3) is 0 Å². The van der Waals surface area contributed by atoms with Crippen LogP contribution in [0.4, 0.5) is 18.9 Å². The van der Waals surface area contributed by atoms with Crippen LogP contribution in [0.15, 0.2) is 23.1 Å². The summed E-state index contributed by atoms with van der Waals surface area (Å²) in [7, 11) is -3.87. The SMILES string of the molecule is NCc1cc(S(N)(=O)=O)ccc1N1CCCC(C(F)(F)F)C1. The molecule has 0 bridgehead atoms. The van der Waals surface area contributed by atoms with Crippen LogP contribution in [0.25, 0.3) is 0 Å². The van der Waals surface area contributed by atoms with Crippen molar-refractivity contribution in [3.63, 3.8) is 0 Å². The van der Waals surface area contributed by atoms with Gasteiger partial charge in [-0.05, 0) is 36.6 Å². The first kappa shape index (κ1) is 17.0. The molecule has 1 fully saturated rings. The Bertz CT molecular complexity index is 646. The Morgan fingerprint density at radius 2 is 2.00 bits per heavy atom. The van der Waals surface area contributed by atoms with E-state index >= 15 is 0 Å². The second-order valence-electron chi connectivity index (χ2n) is 5.37. The van der Waals surface area contributed by atoms with Gasteiger partial charge in [-0.1, -0.05) is 0 Å². The fraction of sp³-hybridized carbons (Fsp3) is 0.538. The van der Waals surface area contributed by atoms with Crippen molar-refractivity contribution in [2.75, 3.05) is 18.0 Å². The van der Waals surface area contributed by atoms with Gasteiger partial charge < -0.3 is 10.6 Å². The molecule has 0 amide bonds. The molecule has 1 atom stereocenters. The summed E-state index contributed by atoms with van der Waals surface area (Å²) in [5.74, 6) is -1.38. The summed E-state index contributed by atoms with van der Waals surface area (Å²) in [5.41, 5.74) is 6.60. The maximum atomic E-state index is 12.9. The van der Waals surface area contributed by atoms with E-state index in [9.17, 15) is 21.6 Å². The van der Waals surface area contributed by atoms with Crippen LogP contribution >= 0.6 is 0 Å². The van der Waals surface area contributed by atoms with Gasteiger partial charge in [0, 0.05) is 25.3 Å². The second kappa shape index (κ2) is 6.05. The predicted molar refractivity (Wildman–Crippen MR) is 76.7 cm³/mol. The fourth-order valence-electron chi connectivity index (χ4n) is 2.67. The third-order valence-corrected chi connectivity index (χ3v) is 4.74. The van der Waals surface area contributed by atoms with E-state index in [4.69, 9.17) is 10.9 Å². The van der Waals surface area contributed by atoms with Crippen molar-refractivity contribution in [2.45, 2.75) is 30.5 Å². The van der Waals surface area contributed by atoms with Gasteiger partial charge in [0.15, 0.2) is 0 Å². The second-order valence-corrected chi connectivity index (χ2v) is 6.93. The van der Waals surface area contributed by atoms with Crippen LogP contribution in [0.1, 0.15) is 18.4 Å². The molecular formula is C13H18F3N3O2S. The number of primary sulfonamides is 1. The van der Waals surface area contributed by atoms with E-state index in [-0.39, 0.29) is 24.4 Å². The Kier molecular flexibility index (Phi) is 4.69. The minimum atomic E-state index is -4.23. The van der Waals surface area contributed by atoms with Crippen molar-refractivity contribution in [3.05, 3.63) is 23.8 Å². The van der Waals surface area contributed by atoms with Crippen LogP contribution in [0.2, 0.25) is 0 Å². The smallest absolute Gasteiger partial charge is 0.371 e. The molecule has 1 aromatic carbocycles. The molecular weight excluding hydrogens is 319 g/mol. The molecule has 0 aliphatic carbocycles. The summed E-state index contributed by atoms with van der Waals surface area (Å²) in [6, 6.07) is 4.09. The lowest BCUT2D eigenvalue weighted by molar-refractivity contribution is -0.176. The highest BCUT2D eigenvalue weighted by Crippen LogP contribution is 2.36. The van der Waals surface area contributed by atoms with Crippen molar-refractivity contribution in [3.8, 4) is 0 Å². The summed E-state index contributed by atoms with van der Waals surface area (Å²) >= 11 is 0. The minimum absolute atomic E-state index is 0.0197. The number of hydrogen-bond donors (Lipinski definition) is 2. The highest BCUT2D eigenvalue weighted by atomic mass is 32.2. The molecule has 1 heterocycles. The van der Waals surface area contributed by atoms with Crippen LogP contribution in [0.5, 0.6) is 0 Å². The summed E-state index contributed by atoms with van der Waals surface area (Å²) < 4.78 is 61.4. The van der Waals surface area contributed by atoms with Gasteiger partial charge >= 0.3 is 6.18 Å². The molecule has 124 valence electrons. The number of benzene rings is 1. The summed E-state index contributed by atoms with van der Waals surface area (Å²) in [6.07, 6.45) is -3.71. The van der Waals surface area contributed by atoms with Crippen LogP contribution in [0, 0.1) is 5.92 Å². The Labute approximate surface area is 127 Å².